The van der Waals surface area contributed by atoms with Gasteiger partial charge >= 0.3 is 5.97 Å². The van der Waals surface area contributed by atoms with Gasteiger partial charge in [-0.25, -0.2) is 4.79 Å². The minimum Gasteiger partial charge on any atom is -0.465 e. The standard InChI is InChI=1S/C13H17NO2/c1-9-10-5-4-6-12(13(15)16-3)11(10)7-8-14(9)2/h4-6,9H,7-8H2,1-3H3. The highest BCUT2D eigenvalue weighted by Crippen LogP contribution is 2.30. The lowest BCUT2D eigenvalue weighted by Gasteiger charge is -2.32. The predicted molar refractivity (Wildman–Crippen MR) is 62.5 cm³/mol. The molecule has 0 spiro atoms. The number of likely N-dealkylation sites (N-methyl/N-ethyl adjacent to an activating group) is 1. The van der Waals surface area contributed by atoms with Gasteiger partial charge in [-0.3, -0.25) is 4.90 Å². The fourth-order valence-electron chi connectivity index (χ4n) is 2.30. The summed E-state index contributed by atoms with van der Waals surface area (Å²) in [4.78, 5) is 13.9. The molecule has 1 aromatic rings. The third-order valence-electron chi connectivity index (χ3n) is 3.44. The van der Waals surface area contributed by atoms with Gasteiger partial charge in [0.2, 0.25) is 0 Å². The summed E-state index contributed by atoms with van der Waals surface area (Å²) in [5.41, 5.74) is 3.12. The number of hydrogen-bond acceptors (Lipinski definition) is 3. The zero-order valence-electron chi connectivity index (χ0n) is 9.99. The number of ether oxygens (including phenoxy) is 1. The molecule has 1 aliphatic rings. The van der Waals surface area contributed by atoms with Crippen molar-refractivity contribution in [2.75, 3.05) is 20.7 Å². The highest BCUT2D eigenvalue weighted by molar-refractivity contribution is 5.91. The van der Waals surface area contributed by atoms with Gasteiger partial charge in [0.05, 0.1) is 12.7 Å². The minimum absolute atomic E-state index is 0.228. The van der Waals surface area contributed by atoms with Crippen molar-refractivity contribution >= 4 is 5.97 Å². The van der Waals surface area contributed by atoms with Crippen LogP contribution in [0.2, 0.25) is 0 Å². The molecular formula is C13H17NO2. The van der Waals surface area contributed by atoms with Crippen molar-refractivity contribution in [3.63, 3.8) is 0 Å². The SMILES string of the molecule is COC(=O)c1cccc2c1CCN(C)C2C. The molecule has 3 heteroatoms. The summed E-state index contributed by atoms with van der Waals surface area (Å²) >= 11 is 0. The fraction of sp³-hybridized carbons (Fsp3) is 0.462. The molecule has 0 aliphatic carbocycles. The zero-order chi connectivity index (χ0) is 11.7. The second kappa shape index (κ2) is 4.26. The van der Waals surface area contributed by atoms with Crippen LogP contribution in [0.25, 0.3) is 0 Å². The molecule has 0 fully saturated rings. The van der Waals surface area contributed by atoms with Crippen LogP contribution in [0.4, 0.5) is 0 Å². The van der Waals surface area contributed by atoms with Gasteiger partial charge in [-0.2, -0.15) is 0 Å². The summed E-state index contributed by atoms with van der Waals surface area (Å²) in [6, 6.07) is 6.25. The molecule has 1 unspecified atom stereocenters. The number of benzene rings is 1. The van der Waals surface area contributed by atoms with Gasteiger partial charge < -0.3 is 4.74 Å². The number of fused-ring (bicyclic) bond motifs is 1. The monoisotopic (exact) mass is 219 g/mol. The third kappa shape index (κ3) is 1.71. The number of carbonyl (C=O) groups excluding carboxylic acids is 1. The topological polar surface area (TPSA) is 29.5 Å². The Hall–Kier alpha value is -1.35. The second-order valence-corrected chi connectivity index (χ2v) is 4.27. The van der Waals surface area contributed by atoms with Crippen LogP contribution >= 0.6 is 0 Å². The quantitative estimate of drug-likeness (QED) is 0.677. The van der Waals surface area contributed by atoms with Crippen molar-refractivity contribution in [2.24, 2.45) is 0 Å². The first-order valence-corrected chi connectivity index (χ1v) is 5.55. The Kier molecular flexibility index (Phi) is 2.97. The van der Waals surface area contributed by atoms with Gasteiger partial charge in [-0.15, -0.1) is 0 Å². The Balaban J connectivity index is 2.48. The average Bonchev–Trinajstić information content (AvgIpc) is 2.32. The number of methoxy groups -OCH3 is 1. The van der Waals surface area contributed by atoms with Gasteiger partial charge in [0.25, 0.3) is 0 Å². The molecule has 16 heavy (non-hydrogen) atoms. The van der Waals surface area contributed by atoms with E-state index in [-0.39, 0.29) is 5.97 Å². The predicted octanol–water partition coefficient (Wildman–Crippen LogP) is 2.02. The molecule has 0 bridgehead atoms. The summed E-state index contributed by atoms with van der Waals surface area (Å²) in [6.07, 6.45) is 0.918. The molecule has 0 N–H and O–H groups in total. The molecule has 1 aliphatic heterocycles. The van der Waals surface area contributed by atoms with Crippen molar-refractivity contribution < 1.29 is 9.53 Å². The molecule has 86 valence electrons. The summed E-state index contributed by atoms with van der Waals surface area (Å²) in [5, 5.41) is 0. The van der Waals surface area contributed by atoms with Gasteiger partial charge in [0.15, 0.2) is 0 Å². The van der Waals surface area contributed by atoms with Crippen molar-refractivity contribution in [1.82, 2.24) is 4.90 Å². The van der Waals surface area contributed by atoms with Crippen LogP contribution in [-0.2, 0) is 11.2 Å². The molecular weight excluding hydrogens is 202 g/mol. The summed E-state index contributed by atoms with van der Waals surface area (Å²) in [5.74, 6) is -0.228. The summed E-state index contributed by atoms with van der Waals surface area (Å²) in [6.45, 7) is 3.15. The Bertz CT molecular complexity index is 414. The van der Waals surface area contributed by atoms with Crippen LogP contribution in [0.5, 0.6) is 0 Å². The van der Waals surface area contributed by atoms with Crippen LogP contribution in [0.15, 0.2) is 18.2 Å². The van der Waals surface area contributed by atoms with E-state index >= 15 is 0 Å². The lowest BCUT2D eigenvalue weighted by Crippen LogP contribution is -2.31. The van der Waals surface area contributed by atoms with Crippen LogP contribution in [0.3, 0.4) is 0 Å². The van der Waals surface area contributed by atoms with Crippen LogP contribution in [0, 0.1) is 0 Å². The van der Waals surface area contributed by atoms with E-state index in [1.165, 1.54) is 12.7 Å². The molecule has 0 amide bonds. The molecule has 0 radical (unpaired) electrons. The van der Waals surface area contributed by atoms with Crippen LogP contribution in [0.1, 0.15) is 34.5 Å². The second-order valence-electron chi connectivity index (χ2n) is 4.27. The first-order chi connectivity index (χ1) is 7.65. The summed E-state index contributed by atoms with van der Waals surface area (Å²) < 4.78 is 4.81. The maximum absolute atomic E-state index is 11.6. The lowest BCUT2D eigenvalue weighted by atomic mass is 9.90. The Morgan fingerprint density at radius 2 is 2.25 bits per heavy atom. The molecule has 0 saturated carbocycles. The smallest absolute Gasteiger partial charge is 0.338 e. The van der Waals surface area contributed by atoms with Crippen molar-refractivity contribution in [1.29, 1.82) is 0 Å². The minimum atomic E-state index is -0.228. The highest BCUT2D eigenvalue weighted by atomic mass is 16.5. The normalized spacial score (nSPS) is 20.3. The maximum Gasteiger partial charge on any atom is 0.338 e. The largest absolute Gasteiger partial charge is 0.465 e. The van der Waals surface area contributed by atoms with Crippen molar-refractivity contribution in [3.8, 4) is 0 Å². The van der Waals surface area contributed by atoms with Crippen molar-refractivity contribution in [3.05, 3.63) is 34.9 Å². The number of hydrogen-bond donors (Lipinski definition) is 0. The van der Waals surface area contributed by atoms with E-state index in [1.807, 2.05) is 12.1 Å². The highest BCUT2D eigenvalue weighted by Gasteiger charge is 2.24. The van der Waals surface area contributed by atoms with E-state index in [9.17, 15) is 4.79 Å². The molecule has 3 nitrogen and oxygen atoms in total. The van der Waals surface area contributed by atoms with E-state index in [2.05, 4.69) is 24.9 Å². The average molecular weight is 219 g/mol. The first-order valence-electron chi connectivity index (χ1n) is 5.55. The van der Waals surface area contributed by atoms with Gasteiger partial charge in [-0.1, -0.05) is 12.1 Å². The fourth-order valence-corrected chi connectivity index (χ4v) is 2.30. The van der Waals surface area contributed by atoms with Crippen LogP contribution in [-0.4, -0.2) is 31.6 Å². The van der Waals surface area contributed by atoms with E-state index in [0.717, 1.165) is 24.1 Å². The van der Waals surface area contributed by atoms with E-state index in [4.69, 9.17) is 4.74 Å². The Labute approximate surface area is 96.0 Å². The molecule has 0 aromatic heterocycles. The molecule has 1 heterocycles. The Morgan fingerprint density at radius 3 is 2.94 bits per heavy atom. The van der Waals surface area contributed by atoms with Crippen LogP contribution < -0.4 is 0 Å². The van der Waals surface area contributed by atoms with Gasteiger partial charge in [0.1, 0.15) is 0 Å². The van der Waals surface area contributed by atoms with Gasteiger partial charge in [-0.05, 0) is 37.6 Å². The molecule has 1 atom stereocenters. The van der Waals surface area contributed by atoms with Crippen molar-refractivity contribution in [2.45, 2.75) is 19.4 Å². The van der Waals surface area contributed by atoms with E-state index in [1.54, 1.807) is 0 Å². The number of esters is 1. The molecule has 1 aromatic carbocycles. The molecule has 0 saturated heterocycles. The lowest BCUT2D eigenvalue weighted by molar-refractivity contribution is 0.0598. The molecule has 2 rings (SSSR count). The number of nitrogens with zero attached hydrogens (tertiary/aromatic N) is 1. The Morgan fingerprint density at radius 1 is 1.50 bits per heavy atom. The third-order valence-corrected chi connectivity index (χ3v) is 3.44. The van der Waals surface area contributed by atoms with Gasteiger partial charge in [0, 0.05) is 12.6 Å². The van der Waals surface area contributed by atoms with E-state index in [0.29, 0.717) is 6.04 Å². The number of carbonyl (C=O) groups is 1. The zero-order valence-corrected chi connectivity index (χ0v) is 9.99. The summed E-state index contributed by atoms with van der Waals surface area (Å²) in [7, 11) is 3.54. The first kappa shape index (κ1) is 11.1. The number of rotatable bonds is 1. The van der Waals surface area contributed by atoms with E-state index < -0.39 is 0 Å². The maximum atomic E-state index is 11.6.